The number of carbonyl (C=O) groups excluding carboxylic acids is 2. The highest BCUT2D eigenvalue weighted by molar-refractivity contribution is 5.78. The zero-order valence-corrected chi connectivity index (χ0v) is 18.6. The zero-order chi connectivity index (χ0) is 21.2. The first-order valence-electron chi connectivity index (χ1n) is 11.1. The van der Waals surface area contributed by atoms with Crippen LogP contribution in [0.2, 0.25) is 0 Å². The molecular formula is C22H42N2O4. The maximum atomic E-state index is 12.3. The van der Waals surface area contributed by atoms with Crippen LogP contribution in [0.1, 0.15) is 92.4 Å². The van der Waals surface area contributed by atoms with E-state index >= 15 is 0 Å². The van der Waals surface area contributed by atoms with Gasteiger partial charge in [0.05, 0.1) is 12.1 Å². The second-order valence-corrected chi connectivity index (χ2v) is 9.34. The van der Waals surface area contributed by atoms with E-state index in [1.807, 2.05) is 27.7 Å². The molecule has 1 aliphatic carbocycles. The summed E-state index contributed by atoms with van der Waals surface area (Å²) in [5, 5.41) is 16.6. The summed E-state index contributed by atoms with van der Waals surface area (Å²) in [6.07, 6.45) is 7.68. The Balaban J connectivity index is 2.66. The number of rotatable bonds is 10. The molecule has 3 atom stereocenters. The summed E-state index contributed by atoms with van der Waals surface area (Å²) in [5.41, 5.74) is -0.586. The molecular weight excluding hydrogens is 356 g/mol. The predicted octanol–water partition coefficient (Wildman–Crippen LogP) is 4.15. The highest BCUT2D eigenvalue weighted by atomic mass is 16.6. The average Bonchev–Trinajstić information content (AvgIpc) is 2.60. The number of aliphatic hydroxyl groups is 1. The quantitative estimate of drug-likeness (QED) is 0.482. The Kier molecular flexibility index (Phi) is 10.9. The number of alkyl carbamates (subject to hydrolysis) is 1. The standard InChI is InChI=1S/C22H42N2O4/c1-6-7-13-23-20(26)16(2)14-19(25)18(15-17-11-9-8-10-12-17)24-21(27)28-22(3,4)5/h16-19,25H,6-15H2,1-5H3,(H,23,26)(H,24,27)/t16-,18+,19+/m1/s1. The summed E-state index contributed by atoms with van der Waals surface area (Å²) in [6, 6.07) is -0.399. The molecule has 0 saturated heterocycles. The molecule has 0 spiro atoms. The minimum absolute atomic E-state index is 0.0406. The van der Waals surface area contributed by atoms with Gasteiger partial charge < -0.3 is 20.5 Å². The Morgan fingerprint density at radius 3 is 2.39 bits per heavy atom. The van der Waals surface area contributed by atoms with Crippen LogP contribution in [-0.4, -0.2) is 41.4 Å². The van der Waals surface area contributed by atoms with Gasteiger partial charge in [-0.05, 0) is 46.0 Å². The van der Waals surface area contributed by atoms with Crippen LogP contribution in [0.5, 0.6) is 0 Å². The average molecular weight is 399 g/mol. The van der Waals surface area contributed by atoms with Gasteiger partial charge in [-0.25, -0.2) is 4.79 Å². The van der Waals surface area contributed by atoms with Gasteiger partial charge in [0.15, 0.2) is 0 Å². The number of aliphatic hydroxyl groups excluding tert-OH is 1. The molecule has 0 unspecified atom stereocenters. The van der Waals surface area contributed by atoms with Gasteiger partial charge in [-0.1, -0.05) is 52.4 Å². The molecule has 0 aliphatic heterocycles. The molecule has 0 aromatic rings. The fourth-order valence-corrected chi connectivity index (χ4v) is 3.75. The molecule has 3 N–H and O–H groups in total. The van der Waals surface area contributed by atoms with Crippen LogP contribution < -0.4 is 10.6 Å². The van der Waals surface area contributed by atoms with E-state index in [4.69, 9.17) is 4.74 Å². The van der Waals surface area contributed by atoms with Crippen molar-refractivity contribution in [3.8, 4) is 0 Å². The Morgan fingerprint density at radius 2 is 1.82 bits per heavy atom. The Bertz CT molecular complexity index is 470. The molecule has 0 aromatic carbocycles. The maximum Gasteiger partial charge on any atom is 0.407 e. The Labute approximate surface area is 171 Å². The van der Waals surface area contributed by atoms with E-state index in [1.165, 1.54) is 19.3 Å². The van der Waals surface area contributed by atoms with Crippen LogP contribution in [0.25, 0.3) is 0 Å². The molecule has 0 aromatic heterocycles. The Morgan fingerprint density at radius 1 is 1.18 bits per heavy atom. The van der Waals surface area contributed by atoms with Crippen LogP contribution in [0.15, 0.2) is 0 Å². The van der Waals surface area contributed by atoms with Crippen molar-refractivity contribution in [3.63, 3.8) is 0 Å². The first-order valence-corrected chi connectivity index (χ1v) is 11.1. The van der Waals surface area contributed by atoms with Gasteiger partial charge in [0.25, 0.3) is 0 Å². The van der Waals surface area contributed by atoms with Crippen molar-refractivity contribution in [1.82, 2.24) is 10.6 Å². The third-order valence-electron chi connectivity index (χ3n) is 5.35. The van der Waals surface area contributed by atoms with E-state index in [2.05, 4.69) is 17.6 Å². The van der Waals surface area contributed by atoms with Crippen LogP contribution in [0.4, 0.5) is 4.79 Å². The minimum atomic E-state index is -0.777. The van der Waals surface area contributed by atoms with E-state index in [-0.39, 0.29) is 11.8 Å². The van der Waals surface area contributed by atoms with Crippen LogP contribution in [-0.2, 0) is 9.53 Å². The van der Waals surface area contributed by atoms with Crippen molar-refractivity contribution < 1.29 is 19.4 Å². The fraction of sp³-hybridized carbons (Fsp3) is 0.909. The summed E-state index contributed by atoms with van der Waals surface area (Å²) in [4.78, 5) is 24.5. The van der Waals surface area contributed by atoms with Gasteiger partial charge in [-0.3, -0.25) is 4.79 Å². The van der Waals surface area contributed by atoms with Gasteiger partial charge in [-0.15, -0.1) is 0 Å². The van der Waals surface area contributed by atoms with E-state index in [1.54, 1.807) is 0 Å². The van der Waals surface area contributed by atoms with Crippen LogP contribution in [0.3, 0.4) is 0 Å². The van der Waals surface area contributed by atoms with E-state index < -0.39 is 23.8 Å². The number of nitrogens with one attached hydrogen (secondary N) is 2. The zero-order valence-electron chi connectivity index (χ0n) is 18.6. The SMILES string of the molecule is CCCCNC(=O)[C@H](C)C[C@H](O)[C@H](CC1CCCCC1)NC(=O)OC(C)(C)C. The van der Waals surface area contributed by atoms with E-state index in [9.17, 15) is 14.7 Å². The minimum Gasteiger partial charge on any atom is -0.444 e. The van der Waals surface area contributed by atoms with E-state index in [0.717, 1.165) is 32.1 Å². The van der Waals surface area contributed by atoms with Crippen molar-refractivity contribution in [1.29, 1.82) is 0 Å². The van der Waals surface area contributed by atoms with Crippen molar-refractivity contribution >= 4 is 12.0 Å². The summed E-state index contributed by atoms with van der Waals surface area (Å²) >= 11 is 0. The van der Waals surface area contributed by atoms with Gasteiger partial charge in [-0.2, -0.15) is 0 Å². The summed E-state index contributed by atoms with van der Waals surface area (Å²) in [7, 11) is 0. The first-order chi connectivity index (χ1) is 13.1. The van der Waals surface area contributed by atoms with Crippen molar-refractivity contribution in [2.24, 2.45) is 11.8 Å². The Hall–Kier alpha value is -1.30. The van der Waals surface area contributed by atoms with Crippen LogP contribution in [0, 0.1) is 11.8 Å². The molecule has 6 heteroatoms. The second-order valence-electron chi connectivity index (χ2n) is 9.34. The maximum absolute atomic E-state index is 12.3. The second kappa shape index (κ2) is 12.3. The first kappa shape index (κ1) is 24.7. The van der Waals surface area contributed by atoms with Crippen molar-refractivity contribution in [3.05, 3.63) is 0 Å². The van der Waals surface area contributed by atoms with E-state index in [0.29, 0.717) is 18.9 Å². The predicted molar refractivity (Wildman–Crippen MR) is 112 cm³/mol. The third-order valence-corrected chi connectivity index (χ3v) is 5.35. The normalized spacial score (nSPS) is 18.8. The summed E-state index contributed by atoms with van der Waals surface area (Å²) < 4.78 is 5.38. The molecule has 2 amide bonds. The molecule has 1 fully saturated rings. The molecule has 0 bridgehead atoms. The summed E-state index contributed by atoms with van der Waals surface area (Å²) in [5.74, 6) is 0.152. The number of unbranched alkanes of at least 4 members (excludes halogenated alkanes) is 1. The largest absolute Gasteiger partial charge is 0.444 e. The molecule has 0 heterocycles. The number of amides is 2. The lowest BCUT2D eigenvalue weighted by Crippen LogP contribution is -2.47. The van der Waals surface area contributed by atoms with Crippen molar-refractivity contribution in [2.45, 2.75) is 110 Å². The number of hydrogen-bond acceptors (Lipinski definition) is 4. The van der Waals surface area contributed by atoms with Gasteiger partial charge >= 0.3 is 6.09 Å². The van der Waals surface area contributed by atoms with Gasteiger partial charge in [0.2, 0.25) is 5.91 Å². The molecule has 28 heavy (non-hydrogen) atoms. The number of ether oxygens (including phenoxy) is 1. The highest BCUT2D eigenvalue weighted by Gasteiger charge is 2.30. The number of hydrogen-bond donors (Lipinski definition) is 3. The lowest BCUT2D eigenvalue weighted by molar-refractivity contribution is -0.125. The molecule has 0 radical (unpaired) electrons. The highest BCUT2D eigenvalue weighted by Crippen LogP contribution is 2.29. The molecule has 1 rings (SSSR count). The van der Waals surface area contributed by atoms with Gasteiger partial charge in [0.1, 0.15) is 5.60 Å². The molecule has 1 saturated carbocycles. The molecule has 1 aliphatic rings. The third kappa shape index (κ3) is 10.3. The fourth-order valence-electron chi connectivity index (χ4n) is 3.75. The smallest absolute Gasteiger partial charge is 0.407 e. The van der Waals surface area contributed by atoms with Crippen molar-refractivity contribution in [2.75, 3.05) is 6.54 Å². The molecule has 164 valence electrons. The number of carbonyl (C=O) groups is 2. The topological polar surface area (TPSA) is 87.7 Å². The van der Waals surface area contributed by atoms with Crippen LogP contribution >= 0.6 is 0 Å². The summed E-state index contributed by atoms with van der Waals surface area (Å²) in [6.45, 7) is 10.0. The lowest BCUT2D eigenvalue weighted by Gasteiger charge is -2.31. The van der Waals surface area contributed by atoms with Gasteiger partial charge in [0, 0.05) is 12.5 Å². The molecule has 6 nitrogen and oxygen atoms in total. The monoisotopic (exact) mass is 398 g/mol. The lowest BCUT2D eigenvalue weighted by atomic mass is 9.82.